The first-order chi connectivity index (χ1) is 13.2. The summed E-state index contributed by atoms with van der Waals surface area (Å²) in [5.41, 5.74) is 0. The third-order valence-corrected chi connectivity index (χ3v) is 4.99. The summed E-state index contributed by atoms with van der Waals surface area (Å²) >= 11 is 0. The van der Waals surface area contributed by atoms with Crippen molar-refractivity contribution in [3.8, 4) is 0 Å². The zero-order valence-electron chi connectivity index (χ0n) is 18.4. The fraction of sp³-hybridized carbons (Fsp3) is 0.957. The van der Waals surface area contributed by atoms with Crippen LogP contribution in [0, 0.1) is 0 Å². The first-order valence-electron chi connectivity index (χ1n) is 11.4. The minimum atomic E-state index is -0.288. The number of ether oxygens (including phenoxy) is 3. The quantitative estimate of drug-likeness (QED) is 0.168. The first kappa shape index (κ1) is 26.4. The summed E-state index contributed by atoms with van der Waals surface area (Å²) in [5.74, 6) is -0.135. The average molecular weight is 387 g/mol. The Hall–Kier alpha value is -0.610. The summed E-state index contributed by atoms with van der Waals surface area (Å²) in [7, 11) is 3.20. The van der Waals surface area contributed by atoms with Crippen LogP contribution in [0.3, 0.4) is 0 Å². The third-order valence-electron chi connectivity index (χ3n) is 4.99. The van der Waals surface area contributed by atoms with Gasteiger partial charge >= 0.3 is 5.97 Å². The molecule has 0 fully saturated rings. The summed E-state index contributed by atoms with van der Waals surface area (Å²) in [6.07, 6.45) is 20.2. The van der Waals surface area contributed by atoms with Gasteiger partial charge in [0.05, 0.1) is 13.2 Å². The molecular weight excluding hydrogens is 340 g/mol. The van der Waals surface area contributed by atoms with Gasteiger partial charge in [-0.15, -0.1) is 0 Å². The maximum absolute atomic E-state index is 11.8. The van der Waals surface area contributed by atoms with Gasteiger partial charge < -0.3 is 14.2 Å². The van der Waals surface area contributed by atoms with Crippen LogP contribution in [-0.4, -0.2) is 39.5 Å². The van der Waals surface area contributed by atoms with Crippen molar-refractivity contribution < 1.29 is 19.0 Å². The Bertz CT molecular complexity index is 301. The van der Waals surface area contributed by atoms with E-state index in [2.05, 4.69) is 6.92 Å². The van der Waals surface area contributed by atoms with E-state index in [4.69, 9.17) is 14.2 Å². The molecule has 0 N–H and O–H groups in total. The minimum Gasteiger partial charge on any atom is -0.457 e. The van der Waals surface area contributed by atoms with Crippen LogP contribution in [0.4, 0.5) is 0 Å². The van der Waals surface area contributed by atoms with Crippen LogP contribution in [-0.2, 0) is 19.0 Å². The summed E-state index contributed by atoms with van der Waals surface area (Å²) in [4.78, 5) is 11.8. The van der Waals surface area contributed by atoms with E-state index in [0.717, 1.165) is 12.8 Å². The largest absolute Gasteiger partial charge is 0.457 e. The fourth-order valence-corrected chi connectivity index (χ4v) is 3.37. The molecule has 4 nitrogen and oxygen atoms in total. The molecule has 0 bridgehead atoms. The molecule has 162 valence electrons. The third kappa shape index (κ3) is 19.9. The van der Waals surface area contributed by atoms with Gasteiger partial charge in [-0.1, -0.05) is 96.8 Å². The van der Waals surface area contributed by atoms with E-state index >= 15 is 0 Å². The van der Waals surface area contributed by atoms with E-state index < -0.39 is 0 Å². The fourth-order valence-electron chi connectivity index (χ4n) is 3.37. The molecule has 0 radical (unpaired) electrons. The number of esters is 1. The van der Waals surface area contributed by atoms with E-state index in [0.29, 0.717) is 19.6 Å². The van der Waals surface area contributed by atoms with Crippen molar-refractivity contribution in [2.45, 2.75) is 116 Å². The molecule has 0 aliphatic rings. The lowest BCUT2D eigenvalue weighted by atomic mass is 10.0. The summed E-state index contributed by atoms with van der Waals surface area (Å²) in [6, 6.07) is 0. The highest BCUT2D eigenvalue weighted by atomic mass is 16.6. The topological polar surface area (TPSA) is 44.8 Å². The molecule has 0 amide bonds. The van der Waals surface area contributed by atoms with Gasteiger partial charge in [-0.25, -0.2) is 0 Å². The average Bonchev–Trinajstić information content (AvgIpc) is 2.65. The van der Waals surface area contributed by atoms with Crippen LogP contribution < -0.4 is 0 Å². The summed E-state index contributed by atoms with van der Waals surface area (Å²) in [6.45, 7) is 3.05. The van der Waals surface area contributed by atoms with Gasteiger partial charge in [0.25, 0.3) is 0 Å². The van der Waals surface area contributed by atoms with Crippen molar-refractivity contribution >= 4 is 5.97 Å². The summed E-state index contributed by atoms with van der Waals surface area (Å²) < 4.78 is 15.4. The summed E-state index contributed by atoms with van der Waals surface area (Å²) in [5, 5.41) is 0. The number of hydrogen-bond acceptors (Lipinski definition) is 4. The minimum absolute atomic E-state index is 0.135. The molecule has 0 atom stereocenters. The number of carbonyl (C=O) groups excluding carboxylic acids is 1. The molecule has 0 aliphatic heterocycles. The maximum atomic E-state index is 11.8. The molecule has 0 aromatic rings. The second-order valence-corrected chi connectivity index (χ2v) is 7.72. The molecule has 27 heavy (non-hydrogen) atoms. The molecule has 0 aromatic heterocycles. The highest BCUT2D eigenvalue weighted by Crippen LogP contribution is 2.14. The van der Waals surface area contributed by atoms with E-state index in [9.17, 15) is 4.79 Å². The predicted octanol–water partition coefficient (Wildman–Crippen LogP) is 6.45. The van der Waals surface area contributed by atoms with Crippen LogP contribution in [0.25, 0.3) is 0 Å². The molecule has 0 saturated heterocycles. The van der Waals surface area contributed by atoms with Crippen molar-refractivity contribution in [3.05, 3.63) is 0 Å². The Kier molecular flexibility index (Phi) is 21.2. The number of rotatable bonds is 21. The van der Waals surface area contributed by atoms with Crippen molar-refractivity contribution in [1.82, 2.24) is 0 Å². The van der Waals surface area contributed by atoms with Crippen LogP contribution in [0.5, 0.6) is 0 Å². The Labute approximate surface area is 168 Å². The molecule has 0 rings (SSSR count). The second-order valence-electron chi connectivity index (χ2n) is 7.72. The Morgan fingerprint density at radius 1 is 0.630 bits per heavy atom. The lowest BCUT2D eigenvalue weighted by molar-refractivity contribution is -0.154. The molecule has 0 heterocycles. The molecule has 0 saturated carbocycles. The number of carbonyl (C=O) groups is 1. The zero-order valence-corrected chi connectivity index (χ0v) is 18.4. The number of methoxy groups -OCH3 is 2. The van der Waals surface area contributed by atoms with Crippen LogP contribution >= 0.6 is 0 Å². The molecule has 0 aromatic carbocycles. The van der Waals surface area contributed by atoms with E-state index in [1.54, 1.807) is 14.2 Å². The monoisotopic (exact) mass is 386 g/mol. The Morgan fingerprint density at radius 3 is 1.37 bits per heavy atom. The second kappa shape index (κ2) is 21.7. The Morgan fingerprint density at radius 2 is 1.00 bits per heavy atom. The van der Waals surface area contributed by atoms with E-state index in [-0.39, 0.29) is 12.1 Å². The van der Waals surface area contributed by atoms with Gasteiger partial charge in [0.15, 0.2) is 0 Å². The number of unbranched alkanes of at least 4 members (excludes halogenated alkanes) is 14. The van der Waals surface area contributed by atoms with Crippen molar-refractivity contribution in [2.24, 2.45) is 0 Å². The zero-order chi connectivity index (χ0) is 20.0. The lowest BCUT2D eigenvalue weighted by Crippen LogP contribution is -2.27. The molecule has 0 unspecified atom stereocenters. The molecule has 0 aliphatic carbocycles. The smallest absolute Gasteiger partial charge is 0.306 e. The van der Waals surface area contributed by atoms with Gasteiger partial charge in [-0.3, -0.25) is 4.79 Å². The maximum Gasteiger partial charge on any atom is 0.306 e. The molecule has 0 spiro atoms. The van der Waals surface area contributed by atoms with Crippen molar-refractivity contribution in [2.75, 3.05) is 27.4 Å². The SMILES string of the molecule is CCCCCCCCCCCCCCCCCC(=O)OC(COC)COC. The lowest BCUT2D eigenvalue weighted by Gasteiger charge is -2.16. The van der Waals surface area contributed by atoms with Gasteiger partial charge in [0.1, 0.15) is 6.10 Å². The normalized spacial score (nSPS) is 11.3. The Balaban J connectivity index is 3.29. The van der Waals surface area contributed by atoms with Gasteiger partial charge in [-0.2, -0.15) is 0 Å². The van der Waals surface area contributed by atoms with Crippen LogP contribution in [0.2, 0.25) is 0 Å². The van der Waals surface area contributed by atoms with Gasteiger partial charge in [-0.05, 0) is 6.42 Å². The van der Waals surface area contributed by atoms with Crippen LogP contribution in [0.1, 0.15) is 110 Å². The first-order valence-corrected chi connectivity index (χ1v) is 11.4. The predicted molar refractivity (Wildman–Crippen MR) is 113 cm³/mol. The highest BCUT2D eigenvalue weighted by Gasteiger charge is 2.13. The van der Waals surface area contributed by atoms with Crippen molar-refractivity contribution in [3.63, 3.8) is 0 Å². The molecular formula is C23H46O4. The van der Waals surface area contributed by atoms with Gasteiger partial charge in [0.2, 0.25) is 0 Å². The standard InChI is InChI=1S/C23H46O4/c1-4-5-6-7-8-9-10-11-12-13-14-15-16-17-18-19-23(24)27-22(20-25-2)21-26-3/h22H,4-21H2,1-3H3. The number of hydrogen-bond donors (Lipinski definition) is 0. The van der Waals surface area contributed by atoms with E-state index in [1.807, 2.05) is 0 Å². The van der Waals surface area contributed by atoms with Gasteiger partial charge in [0, 0.05) is 20.6 Å². The van der Waals surface area contributed by atoms with E-state index in [1.165, 1.54) is 83.5 Å². The van der Waals surface area contributed by atoms with Crippen molar-refractivity contribution in [1.29, 1.82) is 0 Å². The van der Waals surface area contributed by atoms with Crippen LogP contribution in [0.15, 0.2) is 0 Å². The highest BCUT2D eigenvalue weighted by molar-refractivity contribution is 5.69. The molecule has 4 heteroatoms.